The molecule has 19 heavy (non-hydrogen) atoms. The molecule has 0 aromatic heterocycles. The van der Waals surface area contributed by atoms with Crippen molar-refractivity contribution in [2.75, 3.05) is 19.4 Å². The number of hydrogen-bond acceptors (Lipinski definition) is 2. The quantitative estimate of drug-likeness (QED) is 0.917. The predicted octanol–water partition coefficient (Wildman–Crippen LogP) is 3.64. The molecule has 0 saturated heterocycles. The number of hydrogen-bond donors (Lipinski definition) is 1. The summed E-state index contributed by atoms with van der Waals surface area (Å²) in [6, 6.07) is 6.10. The van der Waals surface area contributed by atoms with E-state index in [0.717, 1.165) is 11.6 Å². The van der Waals surface area contributed by atoms with Crippen LogP contribution in [0.2, 0.25) is 5.02 Å². The Bertz CT molecular complexity index is 473. The Hall–Kier alpha value is -1.22. The normalized spacial score (nSPS) is 22.3. The highest BCUT2D eigenvalue weighted by molar-refractivity contribution is 6.34. The fourth-order valence-electron chi connectivity index (χ4n) is 2.59. The van der Waals surface area contributed by atoms with Crippen LogP contribution in [0.5, 0.6) is 0 Å². The van der Waals surface area contributed by atoms with E-state index >= 15 is 0 Å². The third-order valence-corrected chi connectivity index (χ3v) is 4.00. The molecule has 0 aliphatic heterocycles. The zero-order valence-electron chi connectivity index (χ0n) is 11.7. The van der Waals surface area contributed by atoms with Crippen LogP contribution in [-0.4, -0.2) is 30.9 Å². The molecule has 3 nitrogen and oxygen atoms in total. The van der Waals surface area contributed by atoms with Crippen LogP contribution in [-0.2, 0) is 0 Å². The van der Waals surface area contributed by atoms with E-state index in [1.54, 1.807) is 25.1 Å². The fraction of sp³-hybridized carbons (Fsp3) is 0.533. The largest absolute Gasteiger partial charge is 0.382 e. The van der Waals surface area contributed by atoms with Crippen LogP contribution >= 0.6 is 11.6 Å². The van der Waals surface area contributed by atoms with E-state index in [2.05, 4.69) is 12.2 Å². The lowest BCUT2D eigenvalue weighted by molar-refractivity contribution is 0.0828. The van der Waals surface area contributed by atoms with Crippen LogP contribution < -0.4 is 5.32 Å². The van der Waals surface area contributed by atoms with E-state index in [1.165, 1.54) is 19.3 Å². The van der Waals surface area contributed by atoms with Gasteiger partial charge in [0.2, 0.25) is 0 Å². The van der Waals surface area contributed by atoms with Crippen molar-refractivity contribution in [3.05, 3.63) is 28.8 Å². The topological polar surface area (TPSA) is 32.3 Å². The molecular weight excluding hydrogens is 260 g/mol. The lowest BCUT2D eigenvalue weighted by atomic mass is 10.1. The number of amides is 1. The van der Waals surface area contributed by atoms with E-state index in [4.69, 9.17) is 11.6 Å². The molecule has 2 atom stereocenters. The molecule has 1 aromatic rings. The average Bonchev–Trinajstić information content (AvgIpc) is 2.76. The smallest absolute Gasteiger partial charge is 0.254 e. The zero-order valence-corrected chi connectivity index (χ0v) is 12.5. The first-order chi connectivity index (χ1) is 8.97. The van der Waals surface area contributed by atoms with Gasteiger partial charge in [0.1, 0.15) is 0 Å². The van der Waals surface area contributed by atoms with Crippen molar-refractivity contribution >= 4 is 23.2 Å². The number of nitrogens with zero attached hydrogens (tertiary/aromatic N) is 1. The Morgan fingerprint density at radius 2 is 2.11 bits per heavy atom. The van der Waals surface area contributed by atoms with Crippen LogP contribution in [0.1, 0.15) is 36.5 Å². The van der Waals surface area contributed by atoms with Crippen molar-refractivity contribution in [2.45, 2.75) is 32.2 Å². The first-order valence-electron chi connectivity index (χ1n) is 6.75. The zero-order chi connectivity index (χ0) is 14.0. The molecular formula is C15H21ClN2O. The summed E-state index contributed by atoms with van der Waals surface area (Å²) in [5, 5.41) is 4.01. The van der Waals surface area contributed by atoms with Crippen LogP contribution in [0.15, 0.2) is 18.2 Å². The maximum Gasteiger partial charge on any atom is 0.254 e. The molecule has 2 rings (SSSR count). The van der Waals surface area contributed by atoms with Crippen molar-refractivity contribution in [1.82, 2.24) is 4.90 Å². The predicted molar refractivity (Wildman–Crippen MR) is 79.9 cm³/mol. The lowest BCUT2D eigenvalue weighted by Gasteiger charge is -2.17. The van der Waals surface area contributed by atoms with Crippen molar-refractivity contribution in [2.24, 2.45) is 5.92 Å². The van der Waals surface area contributed by atoms with E-state index in [9.17, 15) is 4.79 Å². The minimum Gasteiger partial charge on any atom is -0.382 e. The Labute approximate surface area is 119 Å². The number of carbonyl (C=O) groups excluding carboxylic acids is 1. The van der Waals surface area contributed by atoms with Crippen LogP contribution in [0.3, 0.4) is 0 Å². The Morgan fingerprint density at radius 1 is 1.37 bits per heavy atom. The average molecular weight is 281 g/mol. The maximum absolute atomic E-state index is 12.0. The Kier molecular flexibility index (Phi) is 4.35. The molecule has 1 fully saturated rings. The molecule has 1 aliphatic rings. The van der Waals surface area contributed by atoms with E-state index in [1.807, 2.05) is 12.1 Å². The minimum atomic E-state index is -0.0616. The van der Waals surface area contributed by atoms with Gasteiger partial charge in [0.25, 0.3) is 5.91 Å². The standard InChI is InChI=1S/C15H21ClN2O/c1-10-4-5-11(8-10)17-12-6-7-14(16)13(9-12)15(19)18(2)3/h6-7,9-11,17H,4-5,8H2,1-3H3. The van der Waals surface area contributed by atoms with Gasteiger partial charge in [0.05, 0.1) is 10.6 Å². The van der Waals surface area contributed by atoms with Crippen molar-refractivity contribution in [1.29, 1.82) is 0 Å². The lowest BCUT2D eigenvalue weighted by Crippen LogP contribution is -2.22. The fourth-order valence-corrected chi connectivity index (χ4v) is 2.79. The molecule has 0 spiro atoms. The van der Waals surface area contributed by atoms with Crippen molar-refractivity contribution < 1.29 is 4.79 Å². The number of benzene rings is 1. The van der Waals surface area contributed by atoms with Gasteiger partial charge in [-0.2, -0.15) is 0 Å². The summed E-state index contributed by atoms with van der Waals surface area (Å²) in [6.07, 6.45) is 3.66. The highest BCUT2D eigenvalue weighted by Gasteiger charge is 2.21. The molecule has 0 heterocycles. The third-order valence-electron chi connectivity index (χ3n) is 3.67. The second-order valence-corrected chi connectivity index (χ2v) is 6.06. The molecule has 0 bridgehead atoms. The minimum absolute atomic E-state index is 0.0616. The maximum atomic E-state index is 12.0. The Balaban J connectivity index is 2.14. The number of rotatable bonds is 3. The van der Waals surface area contributed by atoms with Crippen LogP contribution in [0.4, 0.5) is 5.69 Å². The number of nitrogens with one attached hydrogen (secondary N) is 1. The molecule has 4 heteroatoms. The molecule has 0 radical (unpaired) electrons. The molecule has 1 aliphatic carbocycles. The highest BCUT2D eigenvalue weighted by atomic mass is 35.5. The summed E-state index contributed by atoms with van der Waals surface area (Å²) in [7, 11) is 3.47. The second kappa shape index (κ2) is 5.83. The molecule has 1 saturated carbocycles. The third kappa shape index (κ3) is 3.41. The van der Waals surface area contributed by atoms with Gasteiger partial charge in [-0.05, 0) is 43.4 Å². The number of carbonyl (C=O) groups is 1. The van der Waals surface area contributed by atoms with Crippen LogP contribution in [0.25, 0.3) is 0 Å². The van der Waals surface area contributed by atoms with Gasteiger partial charge in [-0.25, -0.2) is 0 Å². The van der Waals surface area contributed by atoms with E-state index in [-0.39, 0.29) is 5.91 Å². The van der Waals surface area contributed by atoms with Gasteiger partial charge in [0, 0.05) is 25.8 Å². The second-order valence-electron chi connectivity index (χ2n) is 5.65. The summed E-state index contributed by atoms with van der Waals surface area (Å²) in [5.74, 6) is 0.723. The van der Waals surface area contributed by atoms with Gasteiger partial charge < -0.3 is 10.2 Å². The summed E-state index contributed by atoms with van der Waals surface area (Å²) in [5.41, 5.74) is 1.54. The summed E-state index contributed by atoms with van der Waals surface area (Å²) < 4.78 is 0. The number of halogens is 1. The summed E-state index contributed by atoms with van der Waals surface area (Å²) in [4.78, 5) is 13.6. The van der Waals surface area contributed by atoms with Gasteiger partial charge in [-0.15, -0.1) is 0 Å². The molecule has 1 aromatic carbocycles. The Morgan fingerprint density at radius 3 is 2.68 bits per heavy atom. The molecule has 1 amide bonds. The van der Waals surface area contributed by atoms with Crippen molar-refractivity contribution in [3.8, 4) is 0 Å². The summed E-state index contributed by atoms with van der Waals surface area (Å²) in [6.45, 7) is 2.28. The first-order valence-corrected chi connectivity index (χ1v) is 7.13. The van der Waals surface area contributed by atoms with Crippen LogP contribution in [0, 0.1) is 5.92 Å². The molecule has 2 unspecified atom stereocenters. The van der Waals surface area contributed by atoms with Gasteiger partial charge in [-0.1, -0.05) is 18.5 Å². The van der Waals surface area contributed by atoms with Gasteiger partial charge >= 0.3 is 0 Å². The van der Waals surface area contributed by atoms with Gasteiger partial charge in [-0.3, -0.25) is 4.79 Å². The number of anilines is 1. The van der Waals surface area contributed by atoms with Gasteiger partial charge in [0.15, 0.2) is 0 Å². The first kappa shape index (κ1) is 14.2. The van der Waals surface area contributed by atoms with E-state index in [0.29, 0.717) is 16.6 Å². The van der Waals surface area contributed by atoms with E-state index < -0.39 is 0 Å². The molecule has 1 N–H and O–H groups in total. The van der Waals surface area contributed by atoms with Crippen molar-refractivity contribution in [3.63, 3.8) is 0 Å². The molecule has 104 valence electrons. The monoisotopic (exact) mass is 280 g/mol. The SMILES string of the molecule is CC1CCC(Nc2ccc(Cl)c(C(=O)N(C)C)c2)C1. The summed E-state index contributed by atoms with van der Waals surface area (Å²) >= 11 is 6.10. The highest BCUT2D eigenvalue weighted by Crippen LogP contribution is 2.29.